The number of oxime groups is 1. The highest BCUT2D eigenvalue weighted by Gasteiger charge is 2.30. The standard InChI is InChI=1S/C21H19N3O3S.3C2H6/c1-14-20(15(2)27-23-14)17-11-19-21(22-12-17)16(7-6-10-25)13-24(19)28(26)18-8-4-3-5-9-18;3*1-2/h3-5,8-9,11-13,15,20,25H,10H2,1-2H3;3*1-2H3. The molecule has 0 aliphatic carbocycles. The van der Waals surface area contributed by atoms with Gasteiger partial charge in [0.15, 0.2) is 11.0 Å². The molecule has 0 fully saturated rings. The number of aliphatic hydroxyl groups is 1. The van der Waals surface area contributed by atoms with Gasteiger partial charge < -0.3 is 9.94 Å². The van der Waals surface area contributed by atoms with E-state index in [1.165, 1.54) is 0 Å². The van der Waals surface area contributed by atoms with Crippen molar-refractivity contribution in [1.82, 2.24) is 8.96 Å². The van der Waals surface area contributed by atoms with Crippen LogP contribution in [0, 0.1) is 11.8 Å². The molecule has 3 atom stereocenters. The Hall–Kier alpha value is -2.95. The molecule has 0 bridgehead atoms. The quantitative estimate of drug-likeness (QED) is 0.470. The van der Waals surface area contributed by atoms with Gasteiger partial charge in [-0.15, -0.1) is 0 Å². The molecule has 6 nitrogen and oxygen atoms in total. The second kappa shape index (κ2) is 15.0. The summed E-state index contributed by atoms with van der Waals surface area (Å²) in [5.41, 5.74) is 3.83. The first-order chi connectivity index (χ1) is 16.6. The lowest BCUT2D eigenvalue weighted by Crippen LogP contribution is -2.17. The zero-order valence-electron chi connectivity index (χ0n) is 21.5. The van der Waals surface area contributed by atoms with Gasteiger partial charge in [0, 0.05) is 12.4 Å². The number of nitrogens with zero attached hydrogens (tertiary/aromatic N) is 3. The minimum absolute atomic E-state index is 0.00242. The molecule has 1 aromatic carbocycles. The second-order valence-corrected chi connectivity index (χ2v) is 7.91. The SMILES string of the molecule is CC.CC.CC.CC1=NOC(C)C1c1cnc2c(C#CCO)cn(S(=O)c3ccccc3)c2c1. The van der Waals surface area contributed by atoms with Crippen LogP contribution in [0.1, 0.15) is 72.4 Å². The molecule has 0 amide bonds. The molecule has 0 spiro atoms. The Morgan fingerprint density at radius 2 is 1.76 bits per heavy atom. The average molecular weight is 484 g/mol. The van der Waals surface area contributed by atoms with Crippen molar-refractivity contribution in [3.63, 3.8) is 0 Å². The predicted octanol–water partition coefficient (Wildman–Crippen LogP) is 5.91. The third-order valence-corrected chi connectivity index (χ3v) is 6.03. The highest BCUT2D eigenvalue weighted by Crippen LogP contribution is 2.31. The van der Waals surface area contributed by atoms with Crippen molar-refractivity contribution in [2.75, 3.05) is 6.61 Å². The topological polar surface area (TPSA) is 76.7 Å². The highest BCUT2D eigenvalue weighted by atomic mass is 32.2. The first-order valence-electron chi connectivity index (χ1n) is 11.9. The smallest absolute Gasteiger partial charge is 0.157 e. The van der Waals surface area contributed by atoms with Crippen molar-refractivity contribution >= 4 is 27.7 Å². The van der Waals surface area contributed by atoms with Crippen LogP contribution in [-0.2, 0) is 15.8 Å². The van der Waals surface area contributed by atoms with Crippen LogP contribution >= 0.6 is 0 Å². The van der Waals surface area contributed by atoms with E-state index in [0.29, 0.717) is 21.5 Å². The third kappa shape index (κ3) is 6.55. The molecule has 184 valence electrons. The summed E-state index contributed by atoms with van der Waals surface area (Å²) in [6, 6.07) is 11.2. The van der Waals surface area contributed by atoms with Gasteiger partial charge in [0.1, 0.15) is 18.2 Å². The van der Waals surface area contributed by atoms with E-state index >= 15 is 0 Å². The molecule has 4 rings (SSSR count). The summed E-state index contributed by atoms with van der Waals surface area (Å²) in [6.45, 7) is 15.6. The van der Waals surface area contributed by atoms with Crippen molar-refractivity contribution in [3.8, 4) is 11.8 Å². The van der Waals surface area contributed by atoms with Gasteiger partial charge in [-0.2, -0.15) is 0 Å². The van der Waals surface area contributed by atoms with E-state index in [0.717, 1.165) is 11.3 Å². The van der Waals surface area contributed by atoms with Gasteiger partial charge in [0.2, 0.25) is 0 Å². The van der Waals surface area contributed by atoms with E-state index in [4.69, 9.17) is 9.94 Å². The zero-order valence-corrected chi connectivity index (χ0v) is 22.3. The van der Waals surface area contributed by atoms with Crippen LogP contribution in [0.5, 0.6) is 0 Å². The fourth-order valence-corrected chi connectivity index (χ4v) is 4.55. The lowest BCUT2D eigenvalue weighted by Gasteiger charge is -2.14. The first-order valence-corrected chi connectivity index (χ1v) is 13.0. The molecule has 34 heavy (non-hydrogen) atoms. The zero-order chi connectivity index (χ0) is 25.7. The van der Waals surface area contributed by atoms with Gasteiger partial charge in [-0.05, 0) is 37.6 Å². The van der Waals surface area contributed by atoms with E-state index in [9.17, 15) is 4.21 Å². The van der Waals surface area contributed by atoms with E-state index in [1.54, 1.807) is 16.4 Å². The molecular formula is C27H37N3O3S. The molecule has 7 heteroatoms. The van der Waals surface area contributed by atoms with Crippen LogP contribution in [0.2, 0.25) is 0 Å². The van der Waals surface area contributed by atoms with E-state index in [-0.39, 0.29) is 18.6 Å². The van der Waals surface area contributed by atoms with Crippen LogP contribution in [0.15, 0.2) is 58.8 Å². The van der Waals surface area contributed by atoms with Crippen molar-refractivity contribution in [2.45, 2.75) is 72.3 Å². The lowest BCUT2D eigenvalue weighted by molar-refractivity contribution is 0.0904. The minimum Gasteiger partial charge on any atom is -0.392 e. The molecule has 0 saturated carbocycles. The normalized spacial score (nSPS) is 16.7. The molecule has 0 radical (unpaired) electrons. The molecule has 1 N–H and O–H groups in total. The second-order valence-electron chi connectivity index (χ2n) is 6.55. The largest absolute Gasteiger partial charge is 0.392 e. The maximum absolute atomic E-state index is 13.2. The van der Waals surface area contributed by atoms with Crippen molar-refractivity contribution in [1.29, 1.82) is 0 Å². The van der Waals surface area contributed by atoms with E-state index < -0.39 is 11.0 Å². The number of benzene rings is 1. The number of aromatic nitrogens is 2. The minimum atomic E-state index is -1.45. The van der Waals surface area contributed by atoms with Gasteiger partial charge in [0.05, 0.1) is 27.6 Å². The number of pyridine rings is 1. The Labute approximate surface area is 206 Å². The number of aliphatic hydroxyl groups excluding tert-OH is 1. The van der Waals surface area contributed by atoms with Crippen molar-refractivity contribution in [3.05, 3.63) is 59.9 Å². The predicted molar refractivity (Wildman–Crippen MR) is 142 cm³/mol. The summed E-state index contributed by atoms with van der Waals surface area (Å²) in [6.07, 6.45) is 3.43. The Morgan fingerprint density at radius 3 is 2.32 bits per heavy atom. The van der Waals surface area contributed by atoms with Crippen LogP contribution in [0.4, 0.5) is 0 Å². The Balaban J connectivity index is 0.000000894. The molecule has 3 aromatic rings. The number of fused-ring (bicyclic) bond motifs is 1. The summed E-state index contributed by atoms with van der Waals surface area (Å²) < 4.78 is 14.9. The fourth-order valence-electron chi connectivity index (χ4n) is 3.41. The van der Waals surface area contributed by atoms with Crippen LogP contribution < -0.4 is 0 Å². The Bertz CT molecular complexity index is 1140. The van der Waals surface area contributed by atoms with Crippen molar-refractivity contribution in [2.24, 2.45) is 5.16 Å². The first kappa shape index (κ1) is 29.1. The van der Waals surface area contributed by atoms with Crippen LogP contribution in [0.25, 0.3) is 11.0 Å². The summed E-state index contributed by atoms with van der Waals surface area (Å²) in [5.74, 6) is 5.55. The summed E-state index contributed by atoms with van der Waals surface area (Å²) in [7, 11) is -1.45. The van der Waals surface area contributed by atoms with Crippen LogP contribution in [-0.4, -0.2) is 36.7 Å². The molecule has 3 unspecified atom stereocenters. The van der Waals surface area contributed by atoms with E-state index in [2.05, 4.69) is 22.0 Å². The summed E-state index contributed by atoms with van der Waals surface area (Å²) in [4.78, 5) is 10.7. The highest BCUT2D eigenvalue weighted by molar-refractivity contribution is 7.83. The fraction of sp³-hybridized carbons (Fsp3) is 0.407. The van der Waals surface area contributed by atoms with Gasteiger partial charge in [-0.1, -0.05) is 76.7 Å². The van der Waals surface area contributed by atoms with Gasteiger partial charge in [-0.25, -0.2) is 4.21 Å². The van der Waals surface area contributed by atoms with Crippen molar-refractivity contribution < 1.29 is 14.2 Å². The Kier molecular flexibility index (Phi) is 12.9. The number of hydrogen-bond acceptors (Lipinski definition) is 5. The molecule has 1 aliphatic heterocycles. The summed E-state index contributed by atoms with van der Waals surface area (Å²) >= 11 is 0. The van der Waals surface area contributed by atoms with Gasteiger partial charge in [0.25, 0.3) is 0 Å². The third-order valence-electron chi connectivity index (χ3n) is 4.69. The molecule has 0 saturated heterocycles. The molecule has 3 heterocycles. The molecular weight excluding hydrogens is 446 g/mol. The summed E-state index contributed by atoms with van der Waals surface area (Å²) in [5, 5.41) is 13.1. The number of rotatable bonds is 3. The number of hydrogen-bond donors (Lipinski definition) is 1. The Morgan fingerprint density at radius 1 is 1.12 bits per heavy atom. The van der Waals surface area contributed by atoms with Gasteiger partial charge in [-0.3, -0.25) is 8.96 Å². The lowest BCUT2D eigenvalue weighted by atomic mass is 9.92. The van der Waals surface area contributed by atoms with Gasteiger partial charge >= 0.3 is 0 Å². The maximum Gasteiger partial charge on any atom is 0.157 e. The van der Waals surface area contributed by atoms with Crippen LogP contribution in [0.3, 0.4) is 0 Å². The van der Waals surface area contributed by atoms with E-state index in [1.807, 2.05) is 91.8 Å². The molecule has 2 aromatic heterocycles. The average Bonchev–Trinajstić information content (AvgIpc) is 3.44. The molecule has 1 aliphatic rings. The maximum atomic E-state index is 13.2. The monoisotopic (exact) mass is 483 g/mol.